The number of hydrogen-bond donors (Lipinski definition) is 2. The molecule has 0 radical (unpaired) electrons. The van der Waals surface area contributed by atoms with Gasteiger partial charge in [0.15, 0.2) is 0 Å². The smallest absolute Gasteiger partial charge is 0.237 e. The van der Waals surface area contributed by atoms with Gasteiger partial charge in [-0.15, -0.1) is 0 Å². The summed E-state index contributed by atoms with van der Waals surface area (Å²) in [5.74, 6) is 0.648. The molecule has 3 atom stereocenters. The third-order valence-electron chi connectivity index (χ3n) is 3.33. The van der Waals surface area contributed by atoms with Gasteiger partial charge in [0.05, 0.1) is 18.2 Å². The van der Waals surface area contributed by atoms with E-state index >= 15 is 0 Å². The first-order valence-electron chi connectivity index (χ1n) is 5.90. The van der Waals surface area contributed by atoms with Crippen molar-refractivity contribution in [2.45, 2.75) is 50.8 Å². The average molecular weight is 212 g/mol. The van der Waals surface area contributed by atoms with E-state index in [1.54, 1.807) is 0 Å². The minimum atomic E-state index is -0.370. The number of carbonyl (C=O) groups excluding carboxylic acids is 1. The van der Waals surface area contributed by atoms with Crippen molar-refractivity contribution < 1.29 is 9.53 Å². The van der Waals surface area contributed by atoms with Crippen LogP contribution in [0.3, 0.4) is 0 Å². The van der Waals surface area contributed by atoms with E-state index < -0.39 is 0 Å². The molecule has 1 aliphatic heterocycles. The lowest BCUT2D eigenvalue weighted by Gasteiger charge is -2.21. The minimum Gasteiger partial charge on any atom is -0.376 e. The van der Waals surface area contributed by atoms with Crippen molar-refractivity contribution in [3.05, 3.63) is 0 Å². The molecule has 1 aliphatic carbocycles. The van der Waals surface area contributed by atoms with Crippen LogP contribution < -0.4 is 11.1 Å². The molecule has 0 aromatic heterocycles. The number of nitrogens with two attached hydrogens (primary N) is 1. The molecule has 4 nitrogen and oxygen atoms in total. The van der Waals surface area contributed by atoms with Crippen molar-refractivity contribution in [2.24, 2.45) is 11.7 Å². The number of carbonyl (C=O) groups is 1. The van der Waals surface area contributed by atoms with Crippen LogP contribution in [0.5, 0.6) is 0 Å². The summed E-state index contributed by atoms with van der Waals surface area (Å²) in [6, 6.07) is -0.173. The van der Waals surface area contributed by atoms with Crippen LogP contribution in [-0.4, -0.2) is 30.7 Å². The molecule has 3 unspecified atom stereocenters. The van der Waals surface area contributed by atoms with Crippen molar-refractivity contribution in [1.82, 2.24) is 5.32 Å². The van der Waals surface area contributed by atoms with Gasteiger partial charge in [-0.3, -0.25) is 4.79 Å². The molecule has 0 bridgehead atoms. The Morgan fingerprint density at radius 1 is 1.53 bits per heavy atom. The van der Waals surface area contributed by atoms with Gasteiger partial charge in [-0.25, -0.2) is 0 Å². The quantitative estimate of drug-likeness (QED) is 0.709. The Balaban J connectivity index is 1.84. The molecule has 0 aromatic rings. The normalized spacial score (nSPS) is 32.7. The number of hydrogen-bond acceptors (Lipinski definition) is 3. The maximum absolute atomic E-state index is 11.6. The fraction of sp³-hybridized carbons (Fsp3) is 0.909. The Morgan fingerprint density at radius 2 is 2.27 bits per heavy atom. The summed E-state index contributed by atoms with van der Waals surface area (Å²) in [6.45, 7) is 2.70. The molecular formula is C11H20N2O2. The van der Waals surface area contributed by atoms with Crippen molar-refractivity contribution in [1.29, 1.82) is 0 Å². The topological polar surface area (TPSA) is 64.4 Å². The first-order valence-corrected chi connectivity index (χ1v) is 5.90. The SMILES string of the molecule is CCC(N)C(=O)NC1CCOC1C1CC1. The molecule has 3 N–H and O–H groups in total. The summed E-state index contributed by atoms with van der Waals surface area (Å²) in [5.41, 5.74) is 5.68. The lowest BCUT2D eigenvalue weighted by atomic mass is 10.1. The van der Waals surface area contributed by atoms with Crippen LogP contribution >= 0.6 is 0 Å². The second-order valence-corrected chi connectivity index (χ2v) is 4.59. The Bertz CT molecular complexity index is 241. The van der Waals surface area contributed by atoms with Crippen LogP contribution in [0.15, 0.2) is 0 Å². The maximum atomic E-state index is 11.6. The number of amides is 1. The first kappa shape index (κ1) is 10.9. The third-order valence-corrected chi connectivity index (χ3v) is 3.33. The van der Waals surface area contributed by atoms with E-state index in [1.807, 2.05) is 6.92 Å². The Morgan fingerprint density at radius 3 is 2.87 bits per heavy atom. The predicted octanol–water partition coefficient (Wildman–Crippen LogP) is 0.407. The summed E-state index contributed by atoms with van der Waals surface area (Å²) in [7, 11) is 0. The van der Waals surface area contributed by atoms with Crippen LogP contribution in [0.1, 0.15) is 32.6 Å². The van der Waals surface area contributed by atoms with Crippen LogP contribution in [0.2, 0.25) is 0 Å². The zero-order valence-corrected chi connectivity index (χ0v) is 9.24. The standard InChI is InChI=1S/C11H20N2O2/c1-2-8(12)11(14)13-9-5-6-15-10(9)7-3-4-7/h7-10H,2-6,12H2,1H3,(H,13,14). The summed E-state index contributed by atoms with van der Waals surface area (Å²) >= 11 is 0. The van der Waals surface area contributed by atoms with Gasteiger partial charge < -0.3 is 15.8 Å². The van der Waals surface area contributed by atoms with Gasteiger partial charge in [-0.05, 0) is 31.6 Å². The Labute approximate surface area is 90.5 Å². The second-order valence-electron chi connectivity index (χ2n) is 4.59. The van der Waals surface area contributed by atoms with Crippen LogP contribution in [0.25, 0.3) is 0 Å². The van der Waals surface area contributed by atoms with E-state index in [1.165, 1.54) is 12.8 Å². The molecule has 0 spiro atoms. The lowest BCUT2D eigenvalue weighted by molar-refractivity contribution is -0.123. The van der Waals surface area contributed by atoms with Gasteiger partial charge in [-0.1, -0.05) is 6.92 Å². The molecular weight excluding hydrogens is 192 g/mol. The van der Waals surface area contributed by atoms with Gasteiger partial charge in [0.2, 0.25) is 5.91 Å². The van der Waals surface area contributed by atoms with Gasteiger partial charge in [-0.2, -0.15) is 0 Å². The zero-order chi connectivity index (χ0) is 10.8. The fourth-order valence-corrected chi connectivity index (χ4v) is 2.13. The van der Waals surface area contributed by atoms with Gasteiger partial charge >= 0.3 is 0 Å². The fourth-order valence-electron chi connectivity index (χ4n) is 2.13. The number of rotatable bonds is 4. The molecule has 1 saturated heterocycles. The highest BCUT2D eigenvalue weighted by Gasteiger charge is 2.41. The van der Waals surface area contributed by atoms with E-state index in [4.69, 9.17) is 10.5 Å². The first-order chi connectivity index (χ1) is 7.22. The summed E-state index contributed by atoms with van der Waals surface area (Å²) in [6.07, 6.45) is 4.36. The molecule has 86 valence electrons. The lowest BCUT2D eigenvalue weighted by Crippen LogP contribution is -2.48. The number of nitrogens with one attached hydrogen (secondary N) is 1. The zero-order valence-electron chi connectivity index (χ0n) is 9.24. The van der Waals surface area contributed by atoms with Crippen molar-refractivity contribution in [2.75, 3.05) is 6.61 Å². The van der Waals surface area contributed by atoms with E-state index in [-0.39, 0.29) is 24.1 Å². The van der Waals surface area contributed by atoms with Gasteiger partial charge in [0.1, 0.15) is 0 Å². The van der Waals surface area contributed by atoms with Crippen molar-refractivity contribution in [3.63, 3.8) is 0 Å². The second kappa shape index (κ2) is 4.49. The highest BCUT2D eigenvalue weighted by Crippen LogP contribution is 2.38. The number of ether oxygens (including phenoxy) is 1. The highest BCUT2D eigenvalue weighted by molar-refractivity contribution is 5.81. The molecule has 2 rings (SSSR count). The predicted molar refractivity (Wildman–Crippen MR) is 57.3 cm³/mol. The van der Waals surface area contributed by atoms with E-state index in [2.05, 4.69) is 5.32 Å². The highest BCUT2D eigenvalue weighted by atomic mass is 16.5. The summed E-state index contributed by atoms with van der Waals surface area (Å²) in [5, 5.41) is 3.01. The third kappa shape index (κ3) is 2.49. The van der Waals surface area contributed by atoms with Gasteiger partial charge in [0, 0.05) is 6.61 Å². The molecule has 1 saturated carbocycles. The molecule has 2 aliphatic rings. The minimum absolute atomic E-state index is 0.0290. The Kier molecular flexibility index (Phi) is 3.26. The average Bonchev–Trinajstić information content (AvgIpc) is 2.99. The van der Waals surface area contributed by atoms with Crippen LogP contribution in [-0.2, 0) is 9.53 Å². The largest absolute Gasteiger partial charge is 0.376 e. The van der Waals surface area contributed by atoms with Crippen LogP contribution in [0.4, 0.5) is 0 Å². The van der Waals surface area contributed by atoms with Crippen molar-refractivity contribution >= 4 is 5.91 Å². The summed E-state index contributed by atoms with van der Waals surface area (Å²) < 4.78 is 5.65. The molecule has 15 heavy (non-hydrogen) atoms. The van der Waals surface area contributed by atoms with Crippen LogP contribution in [0, 0.1) is 5.92 Å². The summed E-state index contributed by atoms with van der Waals surface area (Å²) in [4.78, 5) is 11.6. The van der Waals surface area contributed by atoms with Crippen molar-refractivity contribution in [3.8, 4) is 0 Å². The monoisotopic (exact) mass is 212 g/mol. The van der Waals surface area contributed by atoms with Gasteiger partial charge in [0.25, 0.3) is 0 Å². The molecule has 0 aromatic carbocycles. The van der Waals surface area contributed by atoms with E-state index in [9.17, 15) is 4.79 Å². The molecule has 1 amide bonds. The molecule has 2 fully saturated rings. The maximum Gasteiger partial charge on any atom is 0.237 e. The molecule has 1 heterocycles. The molecule has 4 heteroatoms. The van der Waals surface area contributed by atoms with E-state index in [0.29, 0.717) is 12.3 Å². The van der Waals surface area contributed by atoms with E-state index in [0.717, 1.165) is 13.0 Å². The Hall–Kier alpha value is -0.610.